The average molecular weight is 502 g/mol. The molecule has 4 rings (SSSR count). The molecule has 4 N–H and O–H groups in total. The Kier molecular flexibility index (Phi) is 9.28. The Morgan fingerprint density at radius 2 is 1.83 bits per heavy atom. The van der Waals surface area contributed by atoms with E-state index in [1.54, 1.807) is 18.3 Å². The maximum atomic E-state index is 12.8. The third-order valence-corrected chi connectivity index (χ3v) is 8.30. The fraction of sp³-hybridized carbons (Fsp3) is 0.640. The van der Waals surface area contributed by atoms with Gasteiger partial charge in [-0.2, -0.15) is 4.98 Å². The van der Waals surface area contributed by atoms with Crippen LogP contribution in [0.15, 0.2) is 29.4 Å². The van der Waals surface area contributed by atoms with Crippen molar-refractivity contribution >= 4 is 21.8 Å². The van der Waals surface area contributed by atoms with Crippen LogP contribution < -0.4 is 20.7 Å². The van der Waals surface area contributed by atoms with Gasteiger partial charge in [0.2, 0.25) is 16.0 Å². The van der Waals surface area contributed by atoms with Gasteiger partial charge in [-0.3, -0.25) is 4.98 Å². The van der Waals surface area contributed by atoms with E-state index in [1.165, 1.54) is 25.5 Å². The summed E-state index contributed by atoms with van der Waals surface area (Å²) in [4.78, 5) is 13.9. The van der Waals surface area contributed by atoms with Gasteiger partial charge in [0.15, 0.2) is 0 Å². The highest BCUT2D eigenvalue weighted by Crippen LogP contribution is 2.29. The summed E-state index contributed by atoms with van der Waals surface area (Å²) in [7, 11) is -3.60. The number of piperidine rings is 1. The predicted octanol–water partition coefficient (Wildman–Crippen LogP) is 3.77. The summed E-state index contributed by atoms with van der Waals surface area (Å²) in [6, 6.07) is 3.73. The second-order valence-electron chi connectivity index (χ2n) is 9.64. The normalized spacial score (nSPS) is 17.9. The first kappa shape index (κ1) is 25.8. The number of sulfonamides is 1. The zero-order valence-electron chi connectivity index (χ0n) is 20.7. The van der Waals surface area contributed by atoms with E-state index in [4.69, 9.17) is 4.98 Å². The standard InChI is InChI=1S/C25H39N7O2S/c1-2-3-13-27-25-29-18-22(24(32-25)31-20-7-5-4-6-8-20)23-10-9-21(17-28-23)35(33,34)30-16-19-11-14-26-15-12-19/h9-10,17-20,26,30H,2-8,11-16H2,1H3,(H2,27,29,31,32). The number of nitrogens with zero attached hydrogens (tertiary/aromatic N) is 3. The molecule has 2 aromatic rings. The van der Waals surface area contributed by atoms with E-state index in [2.05, 4.69) is 37.6 Å². The Morgan fingerprint density at radius 1 is 1.03 bits per heavy atom. The lowest BCUT2D eigenvalue weighted by Crippen LogP contribution is -2.36. The summed E-state index contributed by atoms with van der Waals surface area (Å²) in [6.45, 7) is 5.32. The Labute approximate surface area is 209 Å². The maximum absolute atomic E-state index is 12.8. The summed E-state index contributed by atoms with van der Waals surface area (Å²) >= 11 is 0. The Hall–Kier alpha value is -2.30. The summed E-state index contributed by atoms with van der Waals surface area (Å²) < 4.78 is 28.4. The molecule has 192 valence electrons. The molecule has 1 aliphatic heterocycles. The van der Waals surface area contributed by atoms with Gasteiger partial charge in [0, 0.05) is 31.5 Å². The number of nitrogens with one attached hydrogen (secondary N) is 4. The number of anilines is 2. The maximum Gasteiger partial charge on any atom is 0.242 e. The molecule has 1 saturated heterocycles. The topological polar surface area (TPSA) is 121 Å². The number of hydrogen-bond acceptors (Lipinski definition) is 8. The SMILES string of the molecule is CCCCNc1ncc(-c2ccc(S(=O)(=O)NCC3CCNCC3)cn2)c(NC2CCCCC2)n1. The Bertz CT molecular complexity index is 1030. The molecule has 2 fully saturated rings. The van der Waals surface area contributed by atoms with Gasteiger partial charge in [0.05, 0.1) is 11.3 Å². The molecule has 0 aromatic carbocycles. The highest BCUT2D eigenvalue weighted by molar-refractivity contribution is 7.89. The minimum absolute atomic E-state index is 0.177. The largest absolute Gasteiger partial charge is 0.367 e. The monoisotopic (exact) mass is 501 g/mol. The van der Waals surface area contributed by atoms with E-state index in [-0.39, 0.29) is 4.90 Å². The zero-order chi connectivity index (χ0) is 24.5. The molecular weight excluding hydrogens is 462 g/mol. The Morgan fingerprint density at radius 3 is 2.54 bits per heavy atom. The number of rotatable bonds is 11. The van der Waals surface area contributed by atoms with Crippen molar-refractivity contribution in [2.24, 2.45) is 5.92 Å². The van der Waals surface area contributed by atoms with E-state index < -0.39 is 10.0 Å². The third kappa shape index (κ3) is 7.35. The molecule has 10 heteroatoms. The molecule has 0 bridgehead atoms. The number of unbranched alkanes of at least 4 members (excludes halogenated alkanes) is 1. The first-order valence-electron chi connectivity index (χ1n) is 13.1. The lowest BCUT2D eigenvalue weighted by atomic mass is 9.95. The van der Waals surface area contributed by atoms with Gasteiger partial charge in [0.25, 0.3) is 0 Å². The van der Waals surface area contributed by atoms with Gasteiger partial charge >= 0.3 is 0 Å². The van der Waals surface area contributed by atoms with Crippen LogP contribution >= 0.6 is 0 Å². The van der Waals surface area contributed by atoms with E-state index in [0.29, 0.717) is 30.1 Å². The van der Waals surface area contributed by atoms with Crippen LogP contribution in [0.5, 0.6) is 0 Å². The quantitative estimate of drug-likeness (QED) is 0.343. The van der Waals surface area contributed by atoms with Crippen molar-refractivity contribution in [1.29, 1.82) is 0 Å². The smallest absolute Gasteiger partial charge is 0.242 e. The Balaban J connectivity index is 1.50. The first-order chi connectivity index (χ1) is 17.0. The van der Waals surface area contributed by atoms with Crippen molar-refractivity contribution in [1.82, 2.24) is 25.0 Å². The van der Waals surface area contributed by atoms with Gasteiger partial charge in [-0.25, -0.2) is 18.1 Å². The highest BCUT2D eigenvalue weighted by atomic mass is 32.2. The van der Waals surface area contributed by atoms with Crippen LogP contribution in [0.25, 0.3) is 11.3 Å². The molecule has 0 radical (unpaired) electrons. The lowest BCUT2D eigenvalue weighted by molar-refractivity contribution is 0.372. The van der Waals surface area contributed by atoms with Gasteiger partial charge < -0.3 is 16.0 Å². The van der Waals surface area contributed by atoms with Crippen molar-refractivity contribution in [3.8, 4) is 11.3 Å². The van der Waals surface area contributed by atoms with Gasteiger partial charge in [0.1, 0.15) is 10.7 Å². The van der Waals surface area contributed by atoms with Crippen molar-refractivity contribution in [2.45, 2.75) is 75.6 Å². The van der Waals surface area contributed by atoms with Crippen LogP contribution in [-0.2, 0) is 10.0 Å². The molecule has 1 saturated carbocycles. The van der Waals surface area contributed by atoms with E-state index in [9.17, 15) is 8.42 Å². The van der Waals surface area contributed by atoms with E-state index in [1.807, 2.05) is 0 Å². The summed E-state index contributed by atoms with van der Waals surface area (Å²) in [5.41, 5.74) is 1.43. The predicted molar refractivity (Wildman–Crippen MR) is 140 cm³/mol. The van der Waals surface area contributed by atoms with Crippen LogP contribution in [-0.4, -0.2) is 55.6 Å². The second kappa shape index (κ2) is 12.6. The summed E-state index contributed by atoms with van der Waals surface area (Å²) in [6.07, 6.45) is 13.3. The zero-order valence-corrected chi connectivity index (χ0v) is 21.5. The number of aromatic nitrogens is 3. The van der Waals surface area contributed by atoms with Gasteiger partial charge in [-0.1, -0.05) is 32.6 Å². The van der Waals surface area contributed by atoms with Crippen LogP contribution in [0.4, 0.5) is 11.8 Å². The molecule has 2 aromatic heterocycles. The first-order valence-corrected chi connectivity index (χ1v) is 14.6. The summed E-state index contributed by atoms with van der Waals surface area (Å²) in [5, 5.41) is 10.2. The molecule has 3 heterocycles. The summed E-state index contributed by atoms with van der Waals surface area (Å²) in [5.74, 6) is 1.72. The highest BCUT2D eigenvalue weighted by Gasteiger charge is 2.21. The second-order valence-corrected chi connectivity index (χ2v) is 11.4. The number of pyridine rings is 1. The van der Waals surface area contributed by atoms with E-state index in [0.717, 1.165) is 69.5 Å². The molecule has 9 nitrogen and oxygen atoms in total. The van der Waals surface area contributed by atoms with Gasteiger partial charge in [-0.05, 0) is 63.2 Å². The van der Waals surface area contributed by atoms with Crippen LogP contribution in [0.2, 0.25) is 0 Å². The van der Waals surface area contributed by atoms with Crippen LogP contribution in [0, 0.1) is 5.92 Å². The van der Waals surface area contributed by atoms with E-state index >= 15 is 0 Å². The average Bonchev–Trinajstić information content (AvgIpc) is 2.89. The minimum atomic E-state index is -3.60. The third-order valence-electron chi connectivity index (χ3n) is 6.89. The number of hydrogen-bond donors (Lipinski definition) is 4. The molecule has 2 aliphatic rings. The molecule has 0 spiro atoms. The molecule has 0 atom stereocenters. The fourth-order valence-corrected chi connectivity index (χ4v) is 5.74. The van der Waals surface area contributed by atoms with Crippen molar-refractivity contribution in [2.75, 3.05) is 36.8 Å². The fourth-order valence-electron chi connectivity index (χ4n) is 4.68. The molecule has 1 aliphatic carbocycles. The van der Waals surface area contributed by atoms with Crippen molar-refractivity contribution in [3.05, 3.63) is 24.5 Å². The molecule has 0 unspecified atom stereocenters. The van der Waals surface area contributed by atoms with Crippen molar-refractivity contribution in [3.63, 3.8) is 0 Å². The van der Waals surface area contributed by atoms with Crippen molar-refractivity contribution < 1.29 is 8.42 Å². The molecule has 0 amide bonds. The molecular formula is C25H39N7O2S. The lowest BCUT2D eigenvalue weighted by Gasteiger charge is -2.24. The van der Waals surface area contributed by atoms with Crippen LogP contribution in [0.1, 0.15) is 64.7 Å². The minimum Gasteiger partial charge on any atom is -0.367 e. The molecule has 35 heavy (non-hydrogen) atoms. The van der Waals surface area contributed by atoms with Gasteiger partial charge in [-0.15, -0.1) is 0 Å². The van der Waals surface area contributed by atoms with Crippen LogP contribution in [0.3, 0.4) is 0 Å².